The number of carbonyl (C=O) groups is 2. The molecule has 0 fully saturated rings. The molecule has 1 aromatic carbocycles. The largest absolute Gasteiger partial charge is 0.496 e. The van der Waals surface area contributed by atoms with E-state index in [4.69, 9.17) is 9.88 Å². The van der Waals surface area contributed by atoms with Crippen molar-refractivity contribution in [2.45, 2.75) is 31.2 Å². The van der Waals surface area contributed by atoms with Crippen LogP contribution in [0.4, 0.5) is 0 Å². The summed E-state index contributed by atoms with van der Waals surface area (Å²) in [5.74, 6) is -0.788. The van der Waals surface area contributed by atoms with Gasteiger partial charge in [-0.05, 0) is 31.5 Å². The van der Waals surface area contributed by atoms with Crippen LogP contribution in [-0.2, 0) is 14.8 Å². The predicted octanol–water partition coefficient (Wildman–Crippen LogP) is -0.0129. The molecule has 2 amide bonds. The molecule has 1 aromatic rings. The lowest BCUT2D eigenvalue weighted by atomic mass is 10.1. The van der Waals surface area contributed by atoms with Gasteiger partial charge in [0.05, 0.1) is 17.6 Å². The quantitative estimate of drug-likeness (QED) is 0.641. The number of hydrogen-bond donors (Lipinski definition) is 3. The Morgan fingerprint density at radius 2 is 2.00 bits per heavy atom. The minimum absolute atomic E-state index is 0.0193. The highest BCUT2D eigenvalue weighted by Crippen LogP contribution is 2.22. The van der Waals surface area contributed by atoms with E-state index in [1.165, 1.54) is 26.2 Å². The van der Waals surface area contributed by atoms with E-state index in [0.717, 1.165) is 12.5 Å². The fourth-order valence-corrected chi connectivity index (χ4v) is 2.32. The first kappa shape index (κ1) is 18.9. The van der Waals surface area contributed by atoms with Gasteiger partial charge in [-0.15, -0.1) is 0 Å². The van der Waals surface area contributed by atoms with Crippen LogP contribution in [0.15, 0.2) is 23.1 Å². The summed E-state index contributed by atoms with van der Waals surface area (Å²) >= 11 is 0. The first-order valence-electron chi connectivity index (χ1n) is 7.00. The van der Waals surface area contributed by atoms with E-state index in [1.807, 2.05) is 6.92 Å². The lowest BCUT2D eigenvalue weighted by molar-refractivity contribution is -0.122. The number of amides is 2. The van der Waals surface area contributed by atoms with Gasteiger partial charge in [0.15, 0.2) is 0 Å². The van der Waals surface area contributed by atoms with E-state index in [1.54, 1.807) is 0 Å². The normalized spacial score (nSPS) is 12.3. The summed E-state index contributed by atoms with van der Waals surface area (Å²) in [4.78, 5) is 23.8. The fourth-order valence-electron chi connectivity index (χ4n) is 1.78. The third-order valence-corrected chi connectivity index (χ3v) is 3.95. The smallest absolute Gasteiger partial charge is 0.255 e. The van der Waals surface area contributed by atoms with Crippen LogP contribution in [-0.4, -0.2) is 39.9 Å². The number of nitrogens with one attached hydrogen (secondary N) is 2. The monoisotopic (exact) mass is 343 g/mol. The van der Waals surface area contributed by atoms with Gasteiger partial charge >= 0.3 is 0 Å². The zero-order valence-electron chi connectivity index (χ0n) is 13.3. The van der Waals surface area contributed by atoms with Gasteiger partial charge in [0.2, 0.25) is 15.9 Å². The molecule has 0 aromatic heterocycles. The van der Waals surface area contributed by atoms with Gasteiger partial charge in [-0.1, -0.05) is 6.92 Å². The van der Waals surface area contributed by atoms with Gasteiger partial charge in [-0.2, -0.15) is 0 Å². The van der Waals surface area contributed by atoms with Crippen LogP contribution in [0.2, 0.25) is 0 Å². The van der Waals surface area contributed by atoms with E-state index in [-0.39, 0.29) is 22.1 Å². The SMILES string of the molecule is CCCNC(=O)C(C)NC(=O)c1cc(S(N)(=O)=O)ccc1OC. The maximum Gasteiger partial charge on any atom is 0.255 e. The summed E-state index contributed by atoms with van der Waals surface area (Å²) in [5, 5.41) is 10.2. The van der Waals surface area contributed by atoms with E-state index in [2.05, 4.69) is 10.6 Å². The molecule has 128 valence electrons. The highest BCUT2D eigenvalue weighted by atomic mass is 32.2. The van der Waals surface area contributed by atoms with Crippen LogP contribution in [0.5, 0.6) is 5.75 Å². The van der Waals surface area contributed by atoms with Crippen molar-refractivity contribution in [2.75, 3.05) is 13.7 Å². The number of methoxy groups -OCH3 is 1. The number of primary sulfonamides is 1. The van der Waals surface area contributed by atoms with Gasteiger partial charge < -0.3 is 15.4 Å². The molecule has 0 saturated carbocycles. The Hall–Kier alpha value is -2.13. The molecule has 23 heavy (non-hydrogen) atoms. The highest BCUT2D eigenvalue weighted by Gasteiger charge is 2.21. The standard InChI is InChI=1S/C14H21N3O5S/c1-4-7-16-13(18)9(2)17-14(19)11-8-10(23(15,20)21)5-6-12(11)22-3/h5-6,8-9H,4,7H2,1-3H3,(H,16,18)(H,17,19)(H2,15,20,21). The molecule has 0 radical (unpaired) electrons. The van der Waals surface area contributed by atoms with Crippen molar-refractivity contribution in [1.29, 1.82) is 0 Å². The Kier molecular flexibility index (Phi) is 6.52. The van der Waals surface area contributed by atoms with Crippen LogP contribution in [0, 0.1) is 0 Å². The van der Waals surface area contributed by atoms with Crippen LogP contribution < -0.4 is 20.5 Å². The summed E-state index contributed by atoms with van der Waals surface area (Å²) < 4.78 is 27.8. The summed E-state index contributed by atoms with van der Waals surface area (Å²) in [5.41, 5.74) is -0.0193. The maximum absolute atomic E-state index is 12.3. The van der Waals surface area contributed by atoms with Crippen molar-refractivity contribution >= 4 is 21.8 Å². The molecule has 9 heteroatoms. The van der Waals surface area contributed by atoms with Crippen molar-refractivity contribution < 1.29 is 22.7 Å². The summed E-state index contributed by atoms with van der Waals surface area (Å²) in [7, 11) is -2.61. The first-order valence-corrected chi connectivity index (χ1v) is 8.54. The zero-order chi connectivity index (χ0) is 17.6. The first-order chi connectivity index (χ1) is 10.7. The van der Waals surface area contributed by atoms with E-state index in [0.29, 0.717) is 6.54 Å². The van der Waals surface area contributed by atoms with Crippen molar-refractivity contribution in [3.63, 3.8) is 0 Å². The second-order valence-corrected chi connectivity index (χ2v) is 6.45. The summed E-state index contributed by atoms with van der Waals surface area (Å²) in [6.07, 6.45) is 0.774. The molecule has 0 bridgehead atoms. The lowest BCUT2D eigenvalue weighted by Crippen LogP contribution is -2.45. The maximum atomic E-state index is 12.3. The Morgan fingerprint density at radius 3 is 2.52 bits per heavy atom. The number of hydrogen-bond acceptors (Lipinski definition) is 5. The molecule has 1 atom stereocenters. The average molecular weight is 343 g/mol. The van der Waals surface area contributed by atoms with Crippen LogP contribution in [0.25, 0.3) is 0 Å². The van der Waals surface area contributed by atoms with Gasteiger partial charge in [0, 0.05) is 6.54 Å². The number of sulfonamides is 1. The van der Waals surface area contributed by atoms with Gasteiger partial charge in [-0.25, -0.2) is 13.6 Å². The fraction of sp³-hybridized carbons (Fsp3) is 0.429. The van der Waals surface area contributed by atoms with E-state index < -0.39 is 22.0 Å². The molecule has 4 N–H and O–H groups in total. The Bertz CT molecular complexity index is 688. The summed E-state index contributed by atoms with van der Waals surface area (Å²) in [6.45, 7) is 3.94. The van der Waals surface area contributed by atoms with Crippen LogP contribution in [0.1, 0.15) is 30.6 Å². The van der Waals surface area contributed by atoms with E-state index in [9.17, 15) is 18.0 Å². The minimum atomic E-state index is -3.96. The third-order valence-electron chi connectivity index (χ3n) is 3.03. The second kappa shape index (κ2) is 7.93. The highest BCUT2D eigenvalue weighted by molar-refractivity contribution is 7.89. The second-order valence-electron chi connectivity index (χ2n) is 4.89. The Labute approximate surface area is 135 Å². The number of carbonyl (C=O) groups excluding carboxylic acids is 2. The number of rotatable bonds is 7. The molecule has 0 saturated heterocycles. The molecule has 0 aliphatic rings. The lowest BCUT2D eigenvalue weighted by Gasteiger charge is -2.15. The number of ether oxygens (including phenoxy) is 1. The Morgan fingerprint density at radius 1 is 1.35 bits per heavy atom. The minimum Gasteiger partial charge on any atom is -0.496 e. The number of benzene rings is 1. The molecular formula is C14H21N3O5S. The van der Waals surface area contributed by atoms with Crippen molar-refractivity contribution in [3.05, 3.63) is 23.8 Å². The number of nitrogens with two attached hydrogens (primary N) is 1. The van der Waals surface area contributed by atoms with Crippen LogP contribution in [0.3, 0.4) is 0 Å². The van der Waals surface area contributed by atoms with Crippen molar-refractivity contribution in [3.8, 4) is 5.75 Å². The zero-order valence-corrected chi connectivity index (χ0v) is 14.1. The topological polar surface area (TPSA) is 128 Å². The summed E-state index contributed by atoms with van der Waals surface area (Å²) in [6, 6.07) is 2.90. The van der Waals surface area contributed by atoms with Crippen LogP contribution >= 0.6 is 0 Å². The molecule has 0 spiro atoms. The third kappa shape index (κ3) is 5.22. The molecule has 1 unspecified atom stereocenters. The predicted molar refractivity (Wildman–Crippen MR) is 84.6 cm³/mol. The average Bonchev–Trinajstić information content (AvgIpc) is 2.50. The molecule has 0 aliphatic heterocycles. The van der Waals surface area contributed by atoms with Gasteiger partial charge in [0.1, 0.15) is 11.8 Å². The van der Waals surface area contributed by atoms with Crippen molar-refractivity contribution in [2.24, 2.45) is 5.14 Å². The van der Waals surface area contributed by atoms with Crippen molar-refractivity contribution in [1.82, 2.24) is 10.6 Å². The van der Waals surface area contributed by atoms with E-state index >= 15 is 0 Å². The van der Waals surface area contributed by atoms with Gasteiger partial charge in [0.25, 0.3) is 5.91 Å². The molecule has 8 nitrogen and oxygen atoms in total. The molecule has 0 heterocycles. The Balaban J connectivity index is 3.00. The van der Waals surface area contributed by atoms with Gasteiger partial charge in [-0.3, -0.25) is 9.59 Å². The molecule has 0 aliphatic carbocycles. The molecular weight excluding hydrogens is 322 g/mol. The molecule has 1 rings (SSSR count).